The summed E-state index contributed by atoms with van der Waals surface area (Å²) in [6.07, 6.45) is 6.70. The number of anilines is 1. The van der Waals surface area contributed by atoms with Crippen LogP contribution < -0.4 is 9.64 Å². The zero-order chi connectivity index (χ0) is 25.6. The summed E-state index contributed by atoms with van der Waals surface area (Å²) in [7, 11) is 0. The average Bonchev–Trinajstić information content (AvgIpc) is 3.66. The summed E-state index contributed by atoms with van der Waals surface area (Å²) >= 11 is 0. The van der Waals surface area contributed by atoms with E-state index in [2.05, 4.69) is 67.4 Å². The second-order valence-electron chi connectivity index (χ2n) is 11.0. The normalized spacial score (nSPS) is 20.8. The van der Waals surface area contributed by atoms with Crippen molar-refractivity contribution in [2.75, 3.05) is 18.0 Å². The van der Waals surface area contributed by atoms with Gasteiger partial charge in [0.15, 0.2) is 5.82 Å². The number of benzene rings is 1. The van der Waals surface area contributed by atoms with Gasteiger partial charge in [-0.25, -0.2) is 15.0 Å². The lowest BCUT2D eigenvalue weighted by molar-refractivity contribution is -0.00868. The molecule has 1 N–H and O–H groups in total. The smallest absolute Gasteiger partial charge is 0.161 e. The first-order valence-electron chi connectivity index (χ1n) is 13.6. The van der Waals surface area contributed by atoms with Crippen LogP contribution in [0.3, 0.4) is 0 Å². The molecule has 2 atom stereocenters. The number of piperidine rings is 1. The summed E-state index contributed by atoms with van der Waals surface area (Å²) in [6, 6.07) is 18.1. The zero-order valence-electron chi connectivity index (χ0n) is 22.0. The molecule has 4 aliphatic rings. The van der Waals surface area contributed by atoms with Gasteiger partial charge in [-0.05, 0) is 75.1 Å². The molecule has 194 valence electrons. The lowest BCUT2D eigenvalue weighted by Crippen LogP contribution is -2.68. The van der Waals surface area contributed by atoms with Crippen LogP contribution in [0, 0.1) is 13.8 Å². The highest BCUT2D eigenvalue weighted by molar-refractivity contribution is 5.57. The third-order valence-corrected chi connectivity index (χ3v) is 7.82. The Hall–Kier alpha value is -3.78. The van der Waals surface area contributed by atoms with Crippen LogP contribution in [0.15, 0.2) is 54.7 Å². The summed E-state index contributed by atoms with van der Waals surface area (Å²) < 4.78 is 5.90. The van der Waals surface area contributed by atoms with Crippen molar-refractivity contribution in [3.63, 3.8) is 0 Å². The van der Waals surface area contributed by atoms with Crippen LogP contribution in [0.1, 0.15) is 47.6 Å². The predicted molar refractivity (Wildman–Crippen MR) is 146 cm³/mol. The van der Waals surface area contributed by atoms with Gasteiger partial charge in [0, 0.05) is 61.3 Å². The molecule has 8 rings (SSSR count). The number of hydrogen-bond donors (Lipinski definition) is 1. The number of aromatic amines is 1. The van der Waals surface area contributed by atoms with Crippen molar-refractivity contribution in [3.05, 3.63) is 83.1 Å². The van der Waals surface area contributed by atoms with Crippen LogP contribution in [-0.4, -0.2) is 61.3 Å². The van der Waals surface area contributed by atoms with Crippen LogP contribution >= 0.6 is 0 Å². The molecular weight excluding hydrogens is 474 g/mol. The summed E-state index contributed by atoms with van der Waals surface area (Å²) in [5.41, 5.74) is 6.25. The highest BCUT2D eigenvalue weighted by Gasteiger charge is 2.44. The van der Waals surface area contributed by atoms with Crippen LogP contribution in [0.25, 0.3) is 11.4 Å². The minimum atomic E-state index is 0.447. The van der Waals surface area contributed by atoms with Crippen LogP contribution in [0.2, 0.25) is 0 Å². The molecule has 1 aliphatic carbocycles. The van der Waals surface area contributed by atoms with E-state index in [1.54, 1.807) is 0 Å². The fraction of sp³-hybridized carbons (Fsp3) is 0.400. The number of piperazine rings is 1. The number of nitrogens with zero attached hydrogens (tertiary/aromatic N) is 6. The number of H-pyrrole nitrogens is 1. The van der Waals surface area contributed by atoms with Gasteiger partial charge in [-0.2, -0.15) is 5.10 Å². The molecular formula is C30H33N7O. The summed E-state index contributed by atoms with van der Waals surface area (Å²) in [6.45, 7) is 7.05. The number of aromatic nitrogens is 5. The molecule has 1 saturated carbocycles. The van der Waals surface area contributed by atoms with Crippen molar-refractivity contribution >= 4 is 5.82 Å². The van der Waals surface area contributed by atoms with Crippen LogP contribution in [0.4, 0.5) is 5.82 Å². The van der Waals surface area contributed by atoms with E-state index in [0.717, 1.165) is 59.5 Å². The fourth-order valence-corrected chi connectivity index (χ4v) is 5.70. The Kier molecular flexibility index (Phi) is 5.84. The minimum absolute atomic E-state index is 0.447. The minimum Gasteiger partial charge on any atom is -0.490 e. The Bertz CT molecular complexity index is 1420. The SMILES string of the molecule is Cc1cc(Cc2cc(C)[nH]n2)nc(-c2ccc(N3CC4CC(C3)N4Cc3ccc(OC4CC4)cc3)nc2)n1. The predicted octanol–water partition coefficient (Wildman–Crippen LogP) is 4.47. The number of rotatable bonds is 8. The Morgan fingerprint density at radius 1 is 0.947 bits per heavy atom. The number of hydrogen-bond acceptors (Lipinski definition) is 7. The summed E-state index contributed by atoms with van der Waals surface area (Å²) in [4.78, 5) is 19.4. The van der Waals surface area contributed by atoms with Gasteiger partial charge in [0.25, 0.3) is 0 Å². The molecule has 0 spiro atoms. The first-order chi connectivity index (χ1) is 18.6. The molecule has 1 aromatic carbocycles. The third-order valence-electron chi connectivity index (χ3n) is 7.82. The fourth-order valence-electron chi connectivity index (χ4n) is 5.70. The maximum Gasteiger partial charge on any atom is 0.161 e. The first kappa shape index (κ1) is 23.3. The summed E-state index contributed by atoms with van der Waals surface area (Å²) in [5, 5.41) is 7.35. The van der Waals surface area contributed by atoms with Crippen molar-refractivity contribution in [1.29, 1.82) is 0 Å². The van der Waals surface area contributed by atoms with E-state index in [9.17, 15) is 0 Å². The van der Waals surface area contributed by atoms with Crippen molar-refractivity contribution in [3.8, 4) is 17.1 Å². The monoisotopic (exact) mass is 507 g/mol. The first-order valence-corrected chi connectivity index (χ1v) is 13.6. The van der Waals surface area contributed by atoms with Crippen molar-refractivity contribution in [2.24, 2.45) is 0 Å². The maximum absolute atomic E-state index is 5.90. The molecule has 3 aliphatic heterocycles. The van der Waals surface area contributed by atoms with Gasteiger partial charge in [0.2, 0.25) is 0 Å². The largest absolute Gasteiger partial charge is 0.490 e. The van der Waals surface area contributed by atoms with E-state index in [1.807, 2.05) is 26.1 Å². The number of nitrogens with one attached hydrogen (secondary N) is 1. The van der Waals surface area contributed by atoms with E-state index < -0.39 is 0 Å². The third kappa shape index (κ3) is 4.88. The van der Waals surface area contributed by atoms with E-state index in [-0.39, 0.29) is 0 Å². The van der Waals surface area contributed by atoms with Gasteiger partial charge in [-0.15, -0.1) is 0 Å². The van der Waals surface area contributed by atoms with Gasteiger partial charge < -0.3 is 9.64 Å². The molecule has 2 unspecified atom stereocenters. The zero-order valence-corrected chi connectivity index (χ0v) is 22.0. The molecule has 4 aromatic rings. The van der Waals surface area contributed by atoms with Gasteiger partial charge in [-0.3, -0.25) is 10.00 Å². The van der Waals surface area contributed by atoms with Gasteiger partial charge >= 0.3 is 0 Å². The van der Waals surface area contributed by atoms with Crippen LogP contribution in [0.5, 0.6) is 5.75 Å². The number of fused-ring (bicyclic) bond motifs is 2. The highest BCUT2D eigenvalue weighted by atomic mass is 16.5. The molecule has 3 saturated heterocycles. The Balaban J connectivity index is 0.987. The number of pyridine rings is 1. The lowest BCUT2D eigenvalue weighted by atomic mass is 9.86. The number of aryl methyl sites for hydroxylation is 2. The molecule has 38 heavy (non-hydrogen) atoms. The molecule has 0 amide bonds. The van der Waals surface area contributed by atoms with Gasteiger partial charge in [0.05, 0.1) is 17.5 Å². The quantitative estimate of drug-likeness (QED) is 0.377. The standard InChI is InChI=1S/C30H33N7O/c1-19-11-23(13-24-12-20(2)34-35-24)33-30(32-19)22-5-10-29(31-15-22)36-17-25-14-26(18-36)37(25)16-21-3-6-27(7-4-21)38-28-8-9-28/h3-7,10-12,15,25-26,28H,8-9,13-14,16-18H2,1-2H3,(H,34,35). The van der Waals surface area contributed by atoms with E-state index >= 15 is 0 Å². The van der Waals surface area contributed by atoms with Gasteiger partial charge in [0.1, 0.15) is 11.6 Å². The van der Waals surface area contributed by atoms with E-state index in [1.165, 1.54) is 24.8 Å². The maximum atomic E-state index is 5.90. The second-order valence-corrected chi connectivity index (χ2v) is 11.0. The molecule has 8 heteroatoms. The topological polar surface area (TPSA) is 83.1 Å². The van der Waals surface area contributed by atoms with Crippen LogP contribution in [-0.2, 0) is 13.0 Å². The van der Waals surface area contributed by atoms with E-state index in [4.69, 9.17) is 14.7 Å². The van der Waals surface area contributed by atoms with Crippen molar-refractivity contribution in [1.82, 2.24) is 30.0 Å². The van der Waals surface area contributed by atoms with Gasteiger partial charge in [-0.1, -0.05) is 12.1 Å². The molecule has 0 radical (unpaired) electrons. The molecule has 2 bridgehead atoms. The Labute approximate surface area is 223 Å². The molecule has 8 nitrogen and oxygen atoms in total. The molecule has 3 aromatic heterocycles. The lowest BCUT2D eigenvalue weighted by Gasteiger charge is -2.56. The molecule has 4 fully saturated rings. The molecule has 6 heterocycles. The summed E-state index contributed by atoms with van der Waals surface area (Å²) in [5.74, 6) is 2.75. The van der Waals surface area contributed by atoms with E-state index in [0.29, 0.717) is 30.4 Å². The average molecular weight is 508 g/mol. The van der Waals surface area contributed by atoms with Crippen molar-refractivity contribution < 1.29 is 4.74 Å². The highest BCUT2D eigenvalue weighted by Crippen LogP contribution is 2.36. The Morgan fingerprint density at radius 3 is 2.45 bits per heavy atom. The van der Waals surface area contributed by atoms with Crippen molar-refractivity contribution in [2.45, 2.75) is 64.3 Å². The Morgan fingerprint density at radius 2 is 1.76 bits per heavy atom. The second kappa shape index (κ2) is 9.51. The number of ether oxygens (including phenoxy) is 1.